The number of benzene rings is 1. The minimum Gasteiger partial charge on any atom is -0.494 e. The van der Waals surface area contributed by atoms with Crippen LogP contribution in [0.3, 0.4) is 0 Å². The summed E-state index contributed by atoms with van der Waals surface area (Å²) in [5.74, 6) is 2.21. The van der Waals surface area contributed by atoms with E-state index in [1.54, 1.807) is 5.43 Å². The number of halogens is 1. The van der Waals surface area contributed by atoms with Gasteiger partial charge in [-0.1, -0.05) is 0 Å². The predicted octanol–water partition coefficient (Wildman–Crippen LogP) is -0.237. The van der Waals surface area contributed by atoms with Crippen LogP contribution in [0.25, 0.3) is 0 Å². The third kappa shape index (κ3) is 2.67. The van der Waals surface area contributed by atoms with Crippen LogP contribution >= 0.6 is 0 Å². The van der Waals surface area contributed by atoms with Crippen molar-refractivity contribution in [3.05, 3.63) is 24.0 Å². The first-order chi connectivity index (χ1) is 7.58. The van der Waals surface area contributed by atoms with Gasteiger partial charge < -0.3 is 10.1 Å². The van der Waals surface area contributed by atoms with Crippen molar-refractivity contribution >= 4 is 17.5 Å². The average molecular weight is 227 g/mol. The molecule has 1 aromatic carbocycles. The molecule has 0 aliphatic carbocycles. The number of hydrazine groups is 1. The lowest BCUT2D eigenvalue weighted by molar-refractivity contribution is -0.136. The topological polar surface area (TPSA) is 93.4 Å². The Hall–Kier alpha value is -2.15. The van der Waals surface area contributed by atoms with E-state index in [0.29, 0.717) is 0 Å². The number of nitrogens with one attached hydrogen (secondary N) is 2. The fourth-order valence-corrected chi connectivity index (χ4v) is 0.991. The highest BCUT2D eigenvalue weighted by atomic mass is 19.1. The molecule has 0 aliphatic rings. The van der Waals surface area contributed by atoms with Crippen LogP contribution in [0.2, 0.25) is 0 Å². The van der Waals surface area contributed by atoms with Crippen molar-refractivity contribution in [2.45, 2.75) is 0 Å². The van der Waals surface area contributed by atoms with Gasteiger partial charge in [0.25, 0.3) is 0 Å². The normalized spacial score (nSPS) is 9.44. The lowest BCUT2D eigenvalue weighted by Gasteiger charge is -2.06. The van der Waals surface area contributed by atoms with Gasteiger partial charge in [-0.3, -0.25) is 15.0 Å². The maximum Gasteiger partial charge on any atom is 0.323 e. The zero-order valence-electron chi connectivity index (χ0n) is 8.41. The van der Waals surface area contributed by atoms with Crippen molar-refractivity contribution < 1.29 is 18.7 Å². The Morgan fingerprint density at radius 2 is 2.06 bits per heavy atom. The summed E-state index contributed by atoms with van der Waals surface area (Å²) in [5.41, 5.74) is 1.90. The number of amides is 2. The highest BCUT2D eigenvalue weighted by Crippen LogP contribution is 2.21. The van der Waals surface area contributed by atoms with Crippen LogP contribution in [-0.4, -0.2) is 18.9 Å². The predicted molar refractivity (Wildman–Crippen MR) is 53.9 cm³/mol. The molecule has 0 radical (unpaired) electrons. The molecule has 0 atom stereocenters. The molecule has 2 amide bonds. The summed E-state index contributed by atoms with van der Waals surface area (Å²) < 4.78 is 17.7. The summed E-state index contributed by atoms with van der Waals surface area (Å²) >= 11 is 0. The monoisotopic (exact) mass is 227 g/mol. The zero-order chi connectivity index (χ0) is 12.1. The molecule has 0 saturated heterocycles. The van der Waals surface area contributed by atoms with Gasteiger partial charge >= 0.3 is 11.8 Å². The van der Waals surface area contributed by atoms with Gasteiger partial charge in [-0.15, -0.1) is 0 Å². The van der Waals surface area contributed by atoms with Crippen LogP contribution in [0.4, 0.5) is 10.1 Å². The van der Waals surface area contributed by atoms with E-state index >= 15 is 0 Å². The van der Waals surface area contributed by atoms with E-state index in [-0.39, 0.29) is 11.4 Å². The summed E-state index contributed by atoms with van der Waals surface area (Å²) in [6.45, 7) is 0. The second-order valence-electron chi connectivity index (χ2n) is 2.78. The summed E-state index contributed by atoms with van der Waals surface area (Å²) in [4.78, 5) is 21.9. The lowest BCUT2D eigenvalue weighted by Crippen LogP contribution is -2.39. The molecule has 0 bridgehead atoms. The fraction of sp³-hybridized carbons (Fsp3) is 0.111. The van der Waals surface area contributed by atoms with Crippen molar-refractivity contribution in [2.75, 3.05) is 12.4 Å². The van der Waals surface area contributed by atoms with Crippen molar-refractivity contribution in [1.82, 2.24) is 5.43 Å². The van der Waals surface area contributed by atoms with Gasteiger partial charge in [-0.05, 0) is 12.1 Å². The standard InChI is InChI=1S/C9H10FN3O3/c1-16-7-4-5(2-3-6(7)10)12-8(14)9(15)13-11/h2-4H,11H2,1H3,(H,12,14)(H,13,15). The zero-order valence-corrected chi connectivity index (χ0v) is 8.41. The maximum absolute atomic E-state index is 13.0. The highest BCUT2D eigenvalue weighted by molar-refractivity contribution is 6.39. The van der Waals surface area contributed by atoms with Gasteiger partial charge in [0.15, 0.2) is 11.6 Å². The molecule has 6 nitrogen and oxygen atoms in total. The van der Waals surface area contributed by atoms with Crippen molar-refractivity contribution in [3.8, 4) is 5.75 Å². The molecule has 86 valence electrons. The summed E-state index contributed by atoms with van der Waals surface area (Å²) in [5, 5.41) is 2.22. The molecular weight excluding hydrogens is 217 g/mol. The first kappa shape index (κ1) is 11.9. The van der Waals surface area contributed by atoms with Crippen LogP contribution in [0, 0.1) is 5.82 Å². The first-order valence-electron chi connectivity index (χ1n) is 4.24. The third-order valence-corrected chi connectivity index (χ3v) is 1.75. The van der Waals surface area contributed by atoms with Gasteiger partial charge in [0.05, 0.1) is 7.11 Å². The molecule has 1 aromatic rings. The molecule has 1 rings (SSSR count). The second-order valence-corrected chi connectivity index (χ2v) is 2.78. The molecule has 7 heteroatoms. The van der Waals surface area contributed by atoms with Gasteiger partial charge in [-0.25, -0.2) is 10.2 Å². The number of anilines is 1. The molecule has 0 aliphatic heterocycles. The van der Waals surface area contributed by atoms with Crippen LogP contribution in [0.5, 0.6) is 5.75 Å². The minimum absolute atomic E-state index is 0.0362. The van der Waals surface area contributed by atoms with Crippen LogP contribution in [0.15, 0.2) is 18.2 Å². The van der Waals surface area contributed by atoms with Gasteiger partial charge in [0.2, 0.25) is 0 Å². The highest BCUT2D eigenvalue weighted by Gasteiger charge is 2.12. The van der Waals surface area contributed by atoms with Crippen molar-refractivity contribution in [1.29, 1.82) is 0 Å². The molecule has 0 aromatic heterocycles. The Kier molecular flexibility index (Phi) is 3.78. The minimum atomic E-state index is -0.997. The van der Waals surface area contributed by atoms with Crippen molar-refractivity contribution in [2.24, 2.45) is 5.84 Å². The molecular formula is C9H10FN3O3. The van der Waals surface area contributed by atoms with Crippen LogP contribution in [0.1, 0.15) is 0 Å². The smallest absolute Gasteiger partial charge is 0.323 e. The molecule has 4 N–H and O–H groups in total. The Labute approximate surface area is 90.5 Å². The van der Waals surface area contributed by atoms with Gasteiger partial charge in [0, 0.05) is 11.8 Å². The molecule has 0 unspecified atom stereocenters. The van der Waals surface area contributed by atoms with Gasteiger partial charge in [0.1, 0.15) is 0 Å². The maximum atomic E-state index is 13.0. The molecule has 0 saturated carbocycles. The molecule has 0 heterocycles. The van der Waals surface area contributed by atoms with Crippen molar-refractivity contribution in [3.63, 3.8) is 0 Å². The molecule has 0 spiro atoms. The van der Waals surface area contributed by atoms with Gasteiger partial charge in [-0.2, -0.15) is 0 Å². The Morgan fingerprint density at radius 3 is 2.62 bits per heavy atom. The second kappa shape index (κ2) is 5.08. The number of carbonyl (C=O) groups excluding carboxylic acids is 2. The van der Waals surface area contributed by atoms with E-state index in [0.717, 1.165) is 6.07 Å². The SMILES string of the molecule is COc1cc(NC(=O)C(=O)NN)ccc1F. The van der Waals surface area contributed by atoms with E-state index in [1.807, 2.05) is 0 Å². The largest absolute Gasteiger partial charge is 0.494 e. The number of hydrogen-bond acceptors (Lipinski definition) is 4. The number of rotatable bonds is 2. The van der Waals surface area contributed by atoms with Crippen LogP contribution < -0.4 is 21.3 Å². The summed E-state index contributed by atoms with van der Waals surface area (Å²) in [6, 6.07) is 3.64. The molecule has 0 fully saturated rings. The van der Waals surface area contributed by atoms with E-state index in [2.05, 4.69) is 5.32 Å². The van der Waals surface area contributed by atoms with E-state index in [9.17, 15) is 14.0 Å². The quantitative estimate of drug-likeness (QED) is 0.281. The number of ether oxygens (including phenoxy) is 1. The summed E-state index contributed by atoms with van der Waals surface area (Å²) in [6.07, 6.45) is 0. The number of methoxy groups -OCH3 is 1. The average Bonchev–Trinajstić information content (AvgIpc) is 2.30. The lowest BCUT2D eigenvalue weighted by atomic mass is 10.3. The third-order valence-electron chi connectivity index (χ3n) is 1.75. The number of nitrogens with two attached hydrogens (primary N) is 1. The molecule has 16 heavy (non-hydrogen) atoms. The van der Waals surface area contributed by atoms with E-state index < -0.39 is 17.6 Å². The Bertz CT molecular complexity index is 422. The summed E-state index contributed by atoms with van der Waals surface area (Å²) in [7, 11) is 1.29. The fourth-order valence-electron chi connectivity index (χ4n) is 0.991. The Morgan fingerprint density at radius 1 is 1.38 bits per heavy atom. The first-order valence-corrected chi connectivity index (χ1v) is 4.24. The van der Waals surface area contributed by atoms with Crippen LogP contribution in [-0.2, 0) is 9.59 Å². The van der Waals surface area contributed by atoms with E-state index in [1.165, 1.54) is 19.2 Å². The number of carbonyl (C=O) groups is 2. The number of hydrogen-bond donors (Lipinski definition) is 3. The Balaban J connectivity index is 2.82. The van der Waals surface area contributed by atoms with E-state index in [4.69, 9.17) is 10.6 Å².